The van der Waals surface area contributed by atoms with Crippen molar-refractivity contribution < 1.29 is 13.2 Å². The maximum absolute atomic E-state index is 12.2. The maximum Gasteiger partial charge on any atom is 0.252 e. The number of likely N-dealkylation sites (tertiary alicyclic amines) is 1. The van der Waals surface area contributed by atoms with E-state index in [-0.39, 0.29) is 5.91 Å². The van der Waals surface area contributed by atoms with E-state index in [0.717, 1.165) is 25.9 Å². The van der Waals surface area contributed by atoms with Crippen LogP contribution in [0, 0.1) is 0 Å². The lowest BCUT2D eigenvalue weighted by molar-refractivity contribution is -0.132. The molecule has 0 saturated carbocycles. The van der Waals surface area contributed by atoms with Crippen molar-refractivity contribution in [1.82, 2.24) is 9.21 Å². The molecule has 0 N–H and O–H groups in total. The van der Waals surface area contributed by atoms with Gasteiger partial charge in [-0.05, 0) is 37.1 Å². The third-order valence-corrected chi connectivity index (χ3v) is 6.96. The average Bonchev–Trinajstić information content (AvgIpc) is 3.02. The van der Waals surface area contributed by atoms with Crippen LogP contribution in [0.2, 0.25) is 0 Å². The van der Waals surface area contributed by atoms with E-state index in [1.54, 1.807) is 24.6 Å². The molecule has 0 aliphatic carbocycles. The second-order valence-corrected chi connectivity index (χ2v) is 8.52. The van der Waals surface area contributed by atoms with Crippen molar-refractivity contribution >= 4 is 27.3 Å². The predicted molar refractivity (Wildman–Crippen MR) is 83.8 cm³/mol. The van der Waals surface area contributed by atoms with Crippen LogP contribution >= 0.6 is 11.3 Å². The van der Waals surface area contributed by atoms with Crippen molar-refractivity contribution in [3.63, 3.8) is 0 Å². The Morgan fingerprint density at radius 2 is 2.05 bits per heavy atom. The zero-order valence-electron chi connectivity index (χ0n) is 12.3. The standard InChI is InChI=1S/C14H22N2O3S2/c1-15(21(18,19)14-8-6-12-20-14)9-5-7-13(17)16-10-3-2-4-11-16/h6,8,12H,2-5,7,9-11H2,1H3. The highest BCUT2D eigenvalue weighted by atomic mass is 32.2. The molecule has 0 bridgehead atoms. The Balaban J connectivity index is 1.79. The zero-order valence-corrected chi connectivity index (χ0v) is 14.0. The first-order valence-corrected chi connectivity index (χ1v) is 9.61. The van der Waals surface area contributed by atoms with E-state index in [1.165, 1.54) is 22.1 Å². The smallest absolute Gasteiger partial charge is 0.252 e. The molecule has 21 heavy (non-hydrogen) atoms. The van der Waals surface area contributed by atoms with Gasteiger partial charge in [0, 0.05) is 33.1 Å². The van der Waals surface area contributed by atoms with E-state index in [2.05, 4.69) is 0 Å². The molecule has 1 aromatic rings. The number of hydrogen-bond acceptors (Lipinski definition) is 4. The number of hydrogen-bond donors (Lipinski definition) is 0. The van der Waals surface area contributed by atoms with E-state index in [0.29, 0.717) is 23.6 Å². The first-order chi connectivity index (χ1) is 10.0. The van der Waals surface area contributed by atoms with Crippen molar-refractivity contribution in [3.05, 3.63) is 17.5 Å². The monoisotopic (exact) mass is 330 g/mol. The maximum atomic E-state index is 12.2. The third-order valence-electron chi connectivity index (χ3n) is 3.73. The van der Waals surface area contributed by atoms with Gasteiger partial charge in [0.05, 0.1) is 0 Å². The van der Waals surface area contributed by atoms with Crippen LogP contribution in [0.25, 0.3) is 0 Å². The zero-order chi connectivity index (χ0) is 15.3. The fourth-order valence-corrected chi connectivity index (χ4v) is 4.85. The second-order valence-electron chi connectivity index (χ2n) is 5.30. The Labute approximate surface area is 130 Å². The minimum absolute atomic E-state index is 0.150. The topological polar surface area (TPSA) is 57.7 Å². The molecule has 1 aliphatic heterocycles. The second kappa shape index (κ2) is 7.38. The molecule has 0 aromatic carbocycles. The fraction of sp³-hybridized carbons (Fsp3) is 0.643. The van der Waals surface area contributed by atoms with Gasteiger partial charge in [0.15, 0.2) is 0 Å². The molecule has 0 atom stereocenters. The summed E-state index contributed by atoms with van der Waals surface area (Å²) in [6.45, 7) is 2.07. The van der Waals surface area contributed by atoms with E-state index >= 15 is 0 Å². The molecule has 0 spiro atoms. The molecular weight excluding hydrogens is 308 g/mol. The van der Waals surface area contributed by atoms with Gasteiger partial charge in [-0.3, -0.25) is 4.79 Å². The molecule has 1 amide bonds. The Kier molecular flexibility index (Phi) is 5.78. The van der Waals surface area contributed by atoms with E-state index in [9.17, 15) is 13.2 Å². The van der Waals surface area contributed by atoms with Gasteiger partial charge in [-0.2, -0.15) is 0 Å². The molecule has 2 rings (SSSR count). The van der Waals surface area contributed by atoms with Crippen LogP contribution in [0.1, 0.15) is 32.1 Å². The Morgan fingerprint density at radius 3 is 2.67 bits per heavy atom. The summed E-state index contributed by atoms with van der Waals surface area (Å²) in [5, 5.41) is 1.75. The van der Waals surface area contributed by atoms with E-state index in [1.807, 2.05) is 4.90 Å². The van der Waals surface area contributed by atoms with Crippen LogP contribution in [0.3, 0.4) is 0 Å². The molecule has 118 valence electrons. The summed E-state index contributed by atoms with van der Waals surface area (Å²) in [5.41, 5.74) is 0. The molecule has 7 heteroatoms. The molecular formula is C14H22N2O3S2. The molecule has 1 aromatic heterocycles. The third kappa shape index (κ3) is 4.28. The van der Waals surface area contributed by atoms with Gasteiger partial charge in [-0.25, -0.2) is 12.7 Å². The van der Waals surface area contributed by atoms with Gasteiger partial charge < -0.3 is 4.90 Å². The normalized spacial score (nSPS) is 16.4. The minimum Gasteiger partial charge on any atom is -0.343 e. The van der Waals surface area contributed by atoms with Crippen molar-refractivity contribution in [3.8, 4) is 0 Å². The first kappa shape index (κ1) is 16.5. The average molecular weight is 330 g/mol. The van der Waals surface area contributed by atoms with Gasteiger partial charge in [-0.1, -0.05) is 6.07 Å². The summed E-state index contributed by atoms with van der Waals surface area (Å²) < 4.78 is 26.1. The molecule has 5 nitrogen and oxygen atoms in total. The van der Waals surface area contributed by atoms with Gasteiger partial charge in [0.1, 0.15) is 4.21 Å². The lowest BCUT2D eigenvalue weighted by Gasteiger charge is -2.27. The van der Waals surface area contributed by atoms with Crippen LogP contribution in [0.4, 0.5) is 0 Å². The molecule has 0 radical (unpaired) electrons. The highest BCUT2D eigenvalue weighted by Gasteiger charge is 2.22. The largest absolute Gasteiger partial charge is 0.343 e. The molecule has 1 aliphatic rings. The number of amides is 1. The van der Waals surface area contributed by atoms with E-state index < -0.39 is 10.0 Å². The predicted octanol–water partition coefficient (Wildman–Crippen LogP) is 2.16. The summed E-state index contributed by atoms with van der Waals surface area (Å²) in [4.78, 5) is 13.9. The molecule has 1 fully saturated rings. The number of rotatable bonds is 6. The van der Waals surface area contributed by atoms with Crippen LogP contribution in [0.15, 0.2) is 21.7 Å². The quantitative estimate of drug-likeness (QED) is 0.803. The fourth-order valence-electron chi connectivity index (χ4n) is 2.44. The minimum atomic E-state index is -3.39. The molecule has 2 heterocycles. The van der Waals surface area contributed by atoms with E-state index in [4.69, 9.17) is 0 Å². The van der Waals surface area contributed by atoms with Gasteiger partial charge >= 0.3 is 0 Å². The number of sulfonamides is 1. The number of carbonyl (C=O) groups excluding carboxylic acids is 1. The highest BCUT2D eigenvalue weighted by Crippen LogP contribution is 2.20. The van der Waals surface area contributed by atoms with Crippen molar-refractivity contribution in [1.29, 1.82) is 0 Å². The number of carbonyl (C=O) groups is 1. The summed E-state index contributed by atoms with van der Waals surface area (Å²) in [6, 6.07) is 3.33. The summed E-state index contributed by atoms with van der Waals surface area (Å²) in [6.07, 6.45) is 4.35. The Bertz CT molecular complexity index is 549. The molecule has 0 unspecified atom stereocenters. The number of nitrogens with zero attached hydrogens (tertiary/aromatic N) is 2. The summed E-state index contributed by atoms with van der Waals surface area (Å²) in [5.74, 6) is 0.150. The summed E-state index contributed by atoms with van der Waals surface area (Å²) in [7, 11) is -1.82. The van der Waals surface area contributed by atoms with Crippen LogP contribution in [-0.4, -0.2) is 50.2 Å². The number of thiophene rings is 1. The molecule has 1 saturated heterocycles. The Hall–Kier alpha value is -0.920. The van der Waals surface area contributed by atoms with Crippen molar-refractivity contribution in [2.24, 2.45) is 0 Å². The first-order valence-electron chi connectivity index (χ1n) is 7.29. The lowest BCUT2D eigenvalue weighted by Crippen LogP contribution is -2.36. The van der Waals surface area contributed by atoms with Gasteiger partial charge in [-0.15, -0.1) is 11.3 Å². The number of piperidine rings is 1. The van der Waals surface area contributed by atoms with Crippen LogP contribution in [0.5, 0.6) is 0 Å². The van der Waals surface area contributed by atoms with Crippen molar-refractivity contribution in [2.45, 2.75) is 36.3 Å². The lowest BCUT2D eigenvalue weighted by atomic mass is 10.1. The highest BCUT2D eigenvalue weighted by molar-refractivity contribution is 7.91. The van der Waals surface area contributed by atoms with Crippen molar-refractivity contribution in [2.75, 3.05) is 26.7 Å². The summed E-state index contributed by atoms with van der Waals surface area (Å²) >= 11 is 1.22. The van der Waals surface area contributed by atoms with Gasteiger partial charge in [0.25, 0.3) is 10.0 Å². The Morgan fingerprint density at radius 1 is 1.33 bits per heavy atom. The van der Waals surface area contributed by atoms with Crippen LogP contribution in [-0.2, 0) is 14.8 Å². The van der Waals surface area contributed by atoms with Crippen LogP contribution < -0.4 is 0 Å². The SMILES string of the molecule is CN(CCCC(=O)N1CCCCC1)S(=O)(=O)c1cccs1. The van der Waals surface area contributed by atoms with Gasteiger partial charge in [0.2, 0.25) is 5.91 Å².